The predicted octanol–water partition coefficient (Wildman–Crippen LogP) is 7.60. The van der Waals surface area contributed by atoms with Crippen LogP contribution < -0.4 is 28.4 Å². The van der Waals surface area contributed by atoms with Gasteiger partial charge in [-0.2, -0.15) is 0 Å². The monoisotopic (exact) mass is 618 g/mol. The van der Waals surface area contributed by atoms with Gasteiger partial charge in [0, 0.05) is 22.3 Å². The largest absolute Gasteiger partial charge is 0.496 e. The van der Waals surface area contributed by atoms with Crippen LogP contribution in [0.5, 0.6) is 34.5 Å². The van der Waals surface area contributed by atoms with E-state index in [2.05, 4.69) is 31.9 Å². The summed E-state index contributed by atoms with van der Waals surface area (Å²) in [6.07, 6.45) is 7.78. The molecule has 0 N–H and O–H groups in total. The first kappa shape index (κ1) is 27.5. The molecule has 3 rings (SSSR count). The van der Waals surface area contributed by atoms with E-state index in [0.29, 0.717) is 34.5 Å². The van der Waals surface area contributed by atoms with Crippen molar-refractivity contribution < 1.29 is 28.4 Å². The highest BCUT2D eigenvalue weighted by atomic mass is 79.9. The average molecular weight is 620 g/mol. The second kappa shape index (κ2) is 12.7. The van der Waals surface area contributed by atoms with Crippen molar-refractivity contribution in [2.45, 2.75) is 0 Å². The average Bonchev–Trinajstić information content (AvgIpc) is 2.90. The van der Waals surface area contributed by atoms with E-state index in [1.165, 1.54) is 0 Å². The summed E-state index contributed by atoms with van der Waals surface area (Å²) < 4.78 is 34.9. The number of ether oxygens (including phenoxy) is 6. The molecule has 0 saturated heterocycles. The fourth-order valence-electron chi connectivity index (χ4n) is 3.59. The van der Waals surface area contributed by atoms with Gasteiger partial charge in [-0.1, -0.05) is 24.3 Å². The van der Waals surface area contributed by atoms with Crippen LogP contribution in [0.2, 0.25) is 0 Å². The molecular weight excluding hydrogens is 592 g/mol. The van der Waals surface area contributed by atoms with E-state index in [-0.39, 0.29) is 0 Å². The number of hydrogen-bond donors (Lipinski definition) is 0. The number of hydrogen-bond acceptors (Lipinski definition) is 6. The SMILES string of the molecule is COc1cc(C=Cc2cc(OC)c(C=Cc3cc(OC)c(Br)cc3OC)cc2OC)c(OC)cc1Br. The summed E-state index contributed by atoms with van der Waals surface area (Å²) in [4.78, 5) is 0. The lowest BCUT2D eigenvalue weighted by Crippen LogP contribution is -1.94. The van der Waals surface area contributed by atoms with Crippen molar-refractivity contribution in [3.05, 3.63) is 67.6 Å². The fraction of sp³-hybridized carbons (Fsp3) is 0.214. The first-order valence-corrected chi connectivity index (χ1v) is 12.4. The van der Waals surface area contributed by atoms with Gasteiger partial charge in [-0.05, 0) is 68.3 Å². The molecule has 0 aliphatic heterocycles. The van der Waals surface area contributed by atoms with Crippen LogP contribution in [0.4, 0.5) is 0 Å². The standard InChI is InChI=1S/C28H28Br2O6/c1-31-23-11-18(8-10-20-14-28(36-6)22(30)16-26(20)34-4)24(32-2)12-17(23)7-9-19-13-27(35-5)21(29)15-25(19)33-3/h7-16H,1-6H3. The van der Waals surface area contributed by atoms with Gasteiger partial charge in [0.25, 0.3) is 0 Å². The molecule has 0 heterocycles. The highest BCUT2D eigenvalue weighted by Crippen LogP contribution is 2.37. The lowest BCUT2D eigenvalue weighted by molar-refractivity contribution is 0.400. The molecule has 0 bridgehead atoms. The van der Waals surface area contributed by atoms with Crippen molar-refractivity contribution >= 4 is 56.2 Å². The molecule has 0 aliphatic rings. The van der Waals surface area contributed by atoms with Crippen LogP contribution in [0.1, 0.15) is 22.3 Å². The minimum atomic E-state index is 0.690. The molecule has 0 spiro atoms. The lowest BCUT2D eigenvalue weighted by Gasteiger charge is -2.13. The van der Waals surface area contributed by atoms with Crippen LogP contribution in [0.15, 0.2) is 45.3 Å². The van der Waals surface area contributed by atoms with Gasteiger partial charge in [0.2, 0.25) is 0 Å². The van der Waals surface area contributed by atoms with Gasteiger partial charge >= 0.3 is 0 Å². The van der Waals surface area contributed by atoms with Crippen LogP contribution in [0.25, 0.3) is 24.3 Å². The van der Waals surface area contributed by atoms with Crippen molar-refractivity contribution in [3.8, 4) is 34.5 Å². The highest BCUT2D eigenvalue weighted by Gasteiger charge is 2.12. The van der Waals surface area contributed by atoms with Crippen molar-refractivity contribution in [2.75, 3.05) is 42.7 Å². The maximum Gasteiger partial charge on any atom is 0.133 e. The summed E-state index contributed by atoms with van der Waals surface area (Å²) in [6.45, 7) is 0. The second-order valence-corrected chi connectivity index (χ2v) is 9.17. The van der Waals surface area contributed by atoms with Gasteiger partial charge in [-0.25, -0.2) is 0 Å². The van der Waals surface area contributed by atoms with E-state index in [1.807, 2.05) is 60.7 Å². The van der Waals surface area contributed by atoms with Gasteiger partial charge in [-0.15, -0.1) is 0 Å². The number of benzene rings is 3. The zero-order chi connectivity index (χ0) is 26.2. The predicted molar refractivity (Wildman–Crippen MR) is 152 cm³/mol. The Bertz CT molecular complexity index is 1180. The van der Waals surface area contributed by atoms with Gasteiger partial charge in [0.05, 0.1) is 51.6 Å². The van der Waals surface area contributed by atoms with Crippen LogP contribution in [-0.2, 0) is 0 Å². The van der Waals surface area contributed by atoms with Gasteiger partial charge in [0.1, 0.15) is 34.5 Å². The lowest BCUT2D eigenvalue weighted by atomic mass is 10.0. The van der Waals surface area contributed by atoms with E-state index < -0.39 is 0 Å². The Hall–Kier alpha value is -3.10. The Balaban J connectivity index is 2.01. The third-order valence-corrected chi connectivity index (χ3v) is 6.71. The molecule has 0 radical (unpaired) electrons. The Kier molecular flexibility index (Phi) is 9.73. The molecule has 36 heavy (non-hydrogen) atoms. The maximum atomic E-state index is 5.69. The van der Waals surface area contributed by atoms with Crippen LogP contribution in [0, 0.1) is 0 Å². The highest BCUT2D eigenvalue weighted by molar-refractivity contribution is 9.10. The molecule has 0 amide bonds. The molecule has 8 heteroatoms. The van der Waals surface area contributed by atoms with Gasteiger partial charge in [-0.3, -0.25) is 0 Å². The zero-order valence-corrected chi connectivity index (χ0v) is 24.2. The first-order valence-electron chi connectivity index (χ1n) is 10.8. The van der Waals surface area contributed by atoms with Crippen molar-refractivity contribution in [1.29, 1.82) is 0 Å². The molecule has 0 aliphatic carbocycles. The summed E-state index contributed by atoms with van der Waals surface area (Å²) in [7, 11) is 9.79. The minimum absolute atomic E-state index is 0.690. The third-order valence-electron chi connectivity index (χ3n) is 5.48. The van der Waals surface area contributed by atoms with E-state index in [9.17, 15) is 0 Å². The Labute approximate surface area is 228 Å². The Morgan fingerprint density at radius 3 is 0.861 bits per heavy atom. The zero-order valence-electron chi connectivity index (χ0n) is 21.0. The van der Waals surface area contributed by atoms with E-state index in [0.717, 1.165) is 31.2 Å². The first-order chi connectivity index (χ1) is 17.4. The molecule has 6 nitrogen and oxygen atoms in total. The maximum absolute atomic E-state index is 5.69. The fourth-order valence-corrected chi connectivity index (χ4v) is 4.56. The summed E-state index contributed by atoms with van der Waals surface area (Å²) in [5.41, 5.74) is 3.41. The summed E-state index contributed by atoms with van der Waals surface area (Å²) >= 11 is 6.98. The molecule has 3 aromatic rings. The molecular formula is C28H28Br2O6. The molecule has 190 valence electrons. The van der Waals surface area contributed by atoms with E-state index in [1.54, 1.807) is 42.7 Å². The summed E-state index contributed by atoms with van der Waals surface area (Å²) in [6, 6.07) is 11.4. The van der Waals surface area contributed by atoms with E-state index >= 15 is 0 Å². The van der Waals surface area contributed by atoms with E-state index in [4.69, 9.17) is 28.4 Å². The molecule has 3 aromatic carbocycles. The van der Waals surface area contributed by atoms with Gasteiger partial charge < -0.3 is 28.4 Å². The molecule has 0 unspecified atom stereocenters. The Morgan fingerprint density at radius 2 is 0.611 bits per heavy atom. The van der Waals surface area contributed by atoms with Crippen LogP contribution in [0.3, 0.4) is 0 Å². The van der Waals surface area contributed by atoms with Crippen LogP contribution >= 0.6 is 31.9 Å². The summed E-state index contributed by atoms with van der Waals surface area (Å²) in [5.74, 6) is 4.22. The van der Waals surface area contributed by atoms with Crippen LogP contribution in [-0.4, -0.2) is 42.7 Å². The smallest absolute Gasteiger partial charge is 0.133 e. The molecule has 0 atom stereocenters. The van der Waals surface area contributed by atoms with Gasteiger partial charge in [0.15, 0.2) is 0 Å². The molecule has 0 aromatic heterocycles. The van der Waals surface area contributed by atoms with Crippen molar-refractivity contribution in [2.24, 2.45) is 0 Å². The number of rotatable bonds is 10. The number of halogens is 2. The molecule has 0 fully saturated rings. The normalized spacial score (nSPS) is 11.1. The summed E-state index contributed by atoms with van der Waals surface area (Å²) in [5, 5.41) is 0. The number of methoxy groups -OCH3 is 6. The van der Waals surface area contributed by atoms with Crippen molar-refractivity contribution in [1.82, 2.24) is 0 Å². The van der Waals surface area contributed by atoms with Crippen molar-refractivity contribution in [3.63, 3.8) is 0 Å². The topological polar surface area (TPSA) is 55.4 Å². The second-order valence-electron chi connectivity index (χ2n) is 7.46. The molecule has 0 saturated carbocycles. The Morgan fingerprint density at radius 1 is 0.389 bits per heavy atom. The quantitative estimate of drug-likeness (QED) is 0.218. The third kappa shape index (κ3) is 6.17. The minimum Gasteiger partial charge on any atom is -0.496 e.